The molecule has 0 fully saturated rings. The van der Waals surface area contributed by atoms with Crippen LogP contribution >= 0.6 is 0 Å². The molecular weight excluding hydrogens is 306 g/mol. The standard InChI is InChI=1S/C20H14F2N2/c1-12-23-19-9-6-15(10-20(19)24-12)13-2-4-14(5-3-13)17-11-16(21)7-8-18(17)22/h2-11H,1H3,(H,23,24). The predicted octanol–water partition coefficient (Wildman–Crippen LogP) is 5.48. The van der Waals surface area contributed by atoms with E-state index in [-0.39, 0.29) is 5.56 Å². The van der Waals surface area contributed by atoms with Gasteiger partial charge < -0.3 is 4.98 Å². The number of aromatic amines is 1. The molecule has 1 N–H and O–H groups in total. The number of nitrogens with one attached hydrogen (secondary N) is 1. The average Bonchev–Trinajstić information content (AvgIpc) is 2.96. The minimum absolute atomic E-state index is 0.265. The summed E-state index contributed by atoms with van der Waals surface area (Å²) in [4.78, 5) is 7.60. The maximum Gasteiger partial charge on any atom is 0.131 e. The molecule has 0 bridgehead atoms. The predicted molar refractivity (Wildman–Crippen MR) is 91.6 cm³/mol. The van der Waals surface area contributed by atoms with Crippen LogP contribution in [-0.4, -0.2) is 9.97 Å². The third-order valence-corrected chi connectivity index (χ3v) is 4.06. The first-order valence-electron chi connectivity index (χ1n) is 7.62. The van der Waals surface area contributed by atoms with Crippen LogP contribution < -0.4 is 0 Å². The SMILES string of the molecule is Cc1nc2ccc(-c3ccc(-c4cc(F)ccc4F)cc3)cc2[nH]1. The highest BCUT2D eigenvalue weighted by Gasteiger charge is 2.08. The Hall–Kier alpha value is -3.01. The van der Waals surface area contributed by atoms with Gasteiger partial charge in [0.25, 0.3) is 0 Å². The summed E-state index contributed by atoms with van der Waals surface area (Å²) in [6, 6.07) is 16.9. The number of hydrogen-bond acceptors (Lipinski definition) is 1. The first kappa shape index (κ1) is 14.6. The van der Waals surface area contributed by atoms with Crippen molar-refractivity contribution in [1.29, 1.82) is 0 Å². The number of nitrogens with zero attached hydrogens (tertiary/aromatic N) is 1. The van der Waals surface area contributed by atoms with Crippen molar-refractivity contribution in [3.8, 4) is 22.3 Å². The molecule has 0 saturated heterocycles. The first-order valence-corrected chi connectivity index (χ1v) is 7.62. The second-order valence-corrected chi connectivity index (χ2v) is 5.76. The molecule has 4 heteroatoms. The smallest absolute Gasteiger partial charge is 0.131 e. The van der Waals surface area contributed by atoms with Gasteiger partial charge in [-0.3, -0.25) is 0 Å². The Labute approximate surface area is 137 Å². The van der Waals surface area contributed by atoms with Crippen LogP contribution in [0.4, 0.5) is 8.78 Å². The Kier molecular flexibility index (Phi) is 3.38. The fourth-order valence-electron chi connectivity index (χ4n) is 2.88. The maximum absolute atomic E-state index is 13.9. The molecule has 0 atom stereocenters. The molecule has 0 spiro atoms. The van der Waals surface area contributed by atoms with E-state index in [1.807, 2.05) is 37.3 Å². The van der Waals surface area contributed by atoms with Crippen LogP contribution in [0, 0.1) is 18.6 Å². The number of aromatic nitrogens is 2. The minimum Gasteiger partial charge on any atom is -0.342 e. The van der Waals surface area contributed by atoms with E-state index in [1.54, 1.807) is 12.1 Å². The molecule has 0 aliphatic rings. The molecule has 1 aromatic heterocycles. The molecule has 3 aromatic carbocycles. The molecule has 0 saturated carbocycles. The quantitative estimate of drug-likeness (QED) is 0.520. The van der Waals surface area contributed by atoms with Gasteiger partial charge in [0.1, 0.15) is 17.5 Å². The third-order valence-electron chi connectivity index (χ3n) is 4.06. The fourth-order valence-corrected chi connectivity index (χ4v) is 2.88. The van der Waals surface area contributed by atoms with E-state index in [0.717, 1.165) is 40.1 Å². The van der Waals surface area contributed by atoms with Gasteiger partial charge in [-0.2, -0.15) is 0 Å². The number of benzene rings is 3. The highest BCUT2D eigenvalue weighted by Crippen LogP contribution is 2.28. The highest BCUT2D eigenvalue weighted by molar-refractivity contribution is 5.82. The molecule has 2 nitrogen and oxygen atoms in total. The lowest BCUT2D eigenvalue weighted by atomic mass is 9.99. The zero-order valence-corrected chi connectivity index (χ0v) is 13.0. The van der Waals surface area contributed by atoms with Crippen molar-refractivity contribution in [2.75, 3.05) is 0 Å². The molecule has 24 heavy (non-hydrogen) atoms. The molecule has 1 heterocycles. The van der Waals surface area contributed by atoms with Crippen LogP contribution in [0.25, 0.3) is 33.3 Å². The zero-order valence-electron chi connectivity index (χ0n) is 13.0. The second-order valence-electron chi connectivity index (χ2n) is 5.76. The second kappa shape index (κ2) is 5.57. The summed E-state index contributed by atoms with van der Waals surface area (Å²) < 4.78 is 27.2. The lowest BCUT2D eigenvalue weighted by Gasteiger charge is -2.06. The Morgan fingerprint density at radius 1 is 0.792 bits per heavy atom. The number of H-pyrrole nitrogens is 1. The van der Waals surface area contributed by atoms with Gasteiger partial charge in [0.2, 0.25) is 0 Å². The molecule has 0 unspecified atom stereocenters. The van der Waals surface area contributed by atoms with E-state index >= 15 is 0 Å². The molecule has 0 aliphatic heterocycles. The number of imidazole rings is 1. The van der Waals surface area contributed by atoms with Crippen molar-refractivity contribution in [1.82, 2.24) is 9.97 Å². The van der Waals surface area contributed by atoms with Gasteiger partial charge in [-0.05, 0) is 53.9 Å². The number of aryl methyl sites for hydroxylation is 1. The van der Waals surface area contributed by atoms with Crippen molar-refractivity contribution in [2.24, 2.45) is 0 Å². The normalized spacial score (nSPS) is 11.1. The van der Waals surface area contributed by atoms with Crippen molar-refractivity contribution in [3.05, 3.63) is 78.1 Å². The summed E-state index contributed by atoms with van der Waals surface area (Å²) in [6.45, 7) is 1.92. The maximum atomic E-state index is 13.9. The van der Waals surface area contributed by atoms with Gasteiger partial charge >= 0.3 is 0 Å². The van der Waals surface area contributed by atoms with E-state index in [2.05, 4.69) is 9.97 Å². The molecule has 4 aromatic rings. The van der Waals surface area contributed by atoms with Crippen LogP contribution in [0.1, 0.15) is 5.82 Å². The molecule has 118 valence electrons. The fraction of sp³-hybridized carbons (Fsp3) is 0.0500. The number of fused-ring (bicyclic) bond motifs is 1. The van der Waals surface area contributed by atoms with E-state index in [0.29, 0.717) is 5.56 Å². The van der Waals surface area contributed by atoms with Crippen LogP contribution in [0.5, 0.6) is 0 Å². The largest absolute Gasteiger partial charge is 0.342 e. The molecule has 0 radical (unpaired) electrons. The number of rotatable bonds is 2. The molecular formula is C20H14F2N2. The molecule has 4 rings (SSSR count). The summed E-state index contributed by atoms with van der Waals surface area (Å²) >= 11 is 0. The summed E-state index contributed by atoms with van der Waals surface area (Å²) in [5.74, 6) is -0.00637. The Morgan fingerprint density at radius 2 is 1.50 bits per heavy atom. The summed E-state index contributed by atoms with van der Waals surface area (Å²) in [7, 11) is 0. The number of hydrogen-bond donors (Lipinski definition) is 1. The van der Waals surface area contributed by atoms with Gasteiger partial charge in [0.05, 0.1) is 11.0 Å². The lowest BCUT2D eigenvalue weighted by Crippen LogP contribution is -1.87. The van der Waals surface area contributed by atoms with Crippen LogP contribution in [-0.2, 0) is 0 Å². The summed E-state index contributed by atoms with van der Waals surface area (Å²) in [5.41, 5.74) is 4.86. The summed E-state index contributed by atoms with van der Waals surface area (Å²) in [5, 5.41) is 0. The lowest BCUT2D eigenvalue weighted by molar-refractivity contribution is 0.603. The minimum atomic E-state index is -0.449. The molecule has 0 amide bonds. The van der Waals surface area contributed by atoms with Crippen molar-refractivity contribution < 1.29 is 8.78 Å². The average molecular weight is 320 g/mol. The van der Waals surface area contributed by atoms with Crippen LogP contribution in [0.15, 0.2) is 60.7 Å². The highest BCUT2D eigenvalue weighted by atomic mass is 19.1. The van der Waals surface area contributed by atoms with Crippen LogP contribution in [0.3, 0.4) is 0 Å². The van der Waals surface area contributed by atoms with Gasteiger partial charge in [-0.25, -0.2) is 13.8 Å². The van der Waals surface area contributed by atoms with E-state index in [1.165, 1.54) is 6.07 Å². The Morgan fingerprint density at radius 3 is 2.29 bits per heavy atom. The van der Waals surface area contributed by atoms with Gasteiger partial charge in [0.15, 0.2) is 0 Å². The van der Waals surface area contributed by atoms with Gasteiger partial charge in [-0.15, -0.1) is 0 Å². The topological polar surface area (TPSA) is 28.7 Å². The van der Waals surface area contributed by atoms with Crippen LogP contribution in [0.2, 0.25) is 0 Å². The van der Waals surface area contributed by atoms with E-state index in [4.69, 9.17) is 0 Å². The van der Waals surface area contributed by atoms with E-state index in [9.17, 15) is 8.78 Å². The van der Waals surface area contributed by atoms with Crippen molar-refractivity contribution in [2.45, 2.75) is 6.92 Å². The van der Waals surface area contributed by atoms with Crippen molar-refractivity contribution in [3.63, 3.8) is 0 Å². The summed E-state index contributed by atoms with van der Waals surface area (Å²) in [6.07, 6.45) is 0. The Balaban J connectivity index is 1.73. The van der Waals surface area contributed by atoms with E-state index < -0.39 is 11.6 Å². The zero-order chi connectivity index (χ0) is 16.7. The Bertz CT molecular complexity index is 1030. The van der Waals surface area contributed by atoms with Gasteiger partial charge in [0, 0.05) is 5.56 Å². The monoisotopic (exact) mass is 320 g/mol. The first-order chi connectivity index (χ1) is 11.6. The van der Waals surface area contributed by atoms with Crippen molar-refractivity contribution >= 4 is 11.0 Å². The third kappa shape index (κ3) is 2.56. The molecule has 0 aliphatic carbocycles. The van der Waals surface area contributed by atoms with Gasteiger partial charge in [-0.1, -0.05) is 30.3 Å². The number of halogens is 2.